The second kappa shape index (κ2) is 13.3. The maximum atomic E-state index is 10.4. The Hall–Kier alpha value is -1.91. The average molecular weight is 360 g/mol. The van der Waals surface area contributed by atoms with Crippen LogP contribution in [0.15, 0.2) is 42.5 Å². The average Bonchev–Trinajstić information content (AvgIpc) is 2.63. The van der Waals surface area contributed by atoms with E-state index >= 15 is 0 Å². The molecule has 0 aliphatic heterocycles. The molecule has 0 saturated heterocycles. The van der Waals surface area contributed by atoms with E-state index in [2.05, 4.69) is 13.0 Å². The third-order valence-electron chi connectivity index (χ3n) is 4.22. The van der Waals surface area contributed by atoms with Crippen molar-refractivity contribution in [2.75, 3.05) is 0 Å². The van der Waals surface area contributed by atoms with Crippen LogP contribution in [-0.4, -0.2) is 27.4 Å². The first-order valence-electron chi connectivity index (χ1n) is 9.54. The molecule has 0 amide bonds. The molecule has 2 unspecified atom stereocenters. The van der Waals surface area contributed by atoms with Crippen LogP contribution in [0.5, 0.6) is 0 Å². The van der Waals surface area contributed by atoms with Crippen LogP contribution in [0, 0.1) is 0 Å². The van der Waals surface area contributed by atoms with Crippen molar-refractivity contribution in [3.05, 3.63) is 53.6 Å². The molecule has 1 aromatic rings. The zero-order valence-electron chi connectivity index (χ0n) is 15.7. The fourth-order valence-corrected chi connectivity index (χ4v) is 2.60. The van der Waals surface area contributed by atoms with E-state index in [4.69, 9.17) is 5.11 Å². The van der Waals surface area contributed by atoms with Crippen LogP contribution in [0.25, 0.3) is 6.08 Å². The van der Waals surface area contributed by atoms with Crippen molar-refractivity contribution in [3.8, 4) is 0 Å². The van der Waals surface area contributed by atoms with Gasteiger partial charge in [-0.05, 0) is 43.2 Å². The third-order valence-corrected chi connectivity index (χ3v) is 4.22. The van der Waals surface area contributed by atoms with Gasteiger partial charge in [0.15, 0.2) is 0 Å². The predicted molar refractivity (Wildman–Crippen MR) is 106 cm³/mol. The zero-order valence-corrected chi connectivity index (χ0v) is 15.7. The zero-order chi connectivity index (χ0) is 19.2. The normalized spacial score (nSPS) is 14.1. The Bertz CT molecular complexity index is 560. The van der Waals surface area contributed by atoms with Gasteiger partial charge >= 0.3 is 5.97 Å². The number of unbranched alkanes of at least 4 members (excludes halogenated alkanes) is 3. The molecule has 4 nitrogen and oxygen atoms in total. The summed E-state index contributed by atoms with van der Waals surface area (Å²) in [6, 6.07) is 7.60. The number of carboxylic acids is 1. The molecule has 0 aliphatic rings. The minimum atomic E-state index is -0.842. The number of aliphatic hydroxyl groups excluding tert-OH is 2. The molecular formula is C22H32O4. The molecule has 0 fully saturated rings. The lowest BCUT2D eigenvalue weighted by Gasteiger charge is -2.09. The quantitative estimate of drug-likeness (QED) is 0.346. The minimum Gasteiger partial charge on any atom is -0.481 e. The molecular weight excluding hydrogens is 328 g/mol. The van der Waals surface area contributed by atoms with Crippen molar-refractivity contribution in [3.63, 3.8) is 0 Å². The molecule has 1 aromatic carbocycles. The van der Waals surface area contributed by atoms with Gasteiger partial charge in [0.1, 0.15) is 0 Å². The van der Waals surface area contributed by atoms with E-state index in [1.54, 1.807) is 6.08 Å². The summed E-state index contributed by atoms with van der Waals surface area (Å²) in [5.74, 6) is -0.842. The van der Waals surface area contributed by atoms with E-state index in [0.29, 0.717) is 19.3 Å². The standard InChI is InChI=1S/C22H32O4/c1-2-3-4-5-6-7-10-21(24)19-15-12-18(13-16-19)14-17-20(23)9-8-11-22(25)26/h6-7,12-17,20-21,23-24H,2-5,8-11H2,1H3,(H,25,26). The molecule has 26 heavy (non-hydrogen) atoms. The van der Waals surface area contributed by atoms with Crippen LogP contribution in [-0.2, 0) is 4.79 Å². The van der Waals surface area contributed by atoms with Gasteiger partial charge in [0, 0.05) is 6.42 Å². The van der Waals surface area contributed by atoms with Gasteiger partial charge in [-0.15, -0.1) is 0 Å². The Kier molecular flexibility index (Phi) is 11.3. The first-order chi connectivity index (χ1) is 12.5. The van der Waals surface area contributed by atoms with Gasteiger partial charge in [-0.1, -0.05) is 68.3 Å². The topological polar surface area (TPSA) is 77.8 Å². The smallest absolute Gasteiger partial charge is 0.303 e. The predicted octanol–water partition coefficient (Wildman–Crippen LogP) is 4.88. The van der Waals surface area contributed by atoms with Crippen LogP contribution in [0.2, 0.25) is 0 Å². The van der Waals surface area contributed by atoms with Crippen LogP contribution in [0.3, 0.4) is 0 Å². The number of carbonyl (C=O) groups is 1. The highest BCUT2D eigenvalue weighted by molar-refractivity contribution is 5.66. The SMILES string of the molecule is CCCCCC=CCC(O)c1ccc(C=CC(O)CCCC(=O)O)cc1. The molecule has 0 heterocycles. The number of hydrogen-bond donors (Lipinski definition) is 3. The van der Waals surface area contributed by atoms with Crippen LogP contribution < -0.4 is 0 Å². The van der Waals surface area contributed by atoms with Gasteiger partial charge in [0.2, 0.25) is 0 Å². The first kappa shape index (κ1) is 22.1. The van der Waals surface area contributed by atoms with Gasteiger partial charge in [0.25, 0.3) is 0 Å². The van der Waals surface area contributed by atoms with Gasteiger partial charge in [-0.25, -0.2) is 0 Å². The third kappa shape index (κ3) is 10.2. The number of benzene rings is 1. The molecule has 2 atom stereocenters. The van der Waals surface area contributed by atoms with Crippen molar-refractivity contribution in [1.29, 1.82) is 0 Å². The number of aliphatic hydroxyl groups is 2. The Balaban J connectivity index is 2.39. The van der Waals surface area contributed by atoms with Gasteiger partial charge in [0.05, 0.1) is 12.2 Å². The highest BCUT2D eigenvalue weighted by atomic mass is 16.4. The summed E-state index contributed by atoms with van der Waals surface area (Å²) < 4.78 is 0. The molecule has 0 bridgehead atoms. The number of allylic oxidation sites excluding steroid dienone is 1. The number of hydrogen-bond acceptors (Lipinski definition) is 3. The molecule has 0 spiro atoms. The lowest BCUT2D eigenvalue weighted by molar-refractivity contribution is -0.137. The summed E-state index contributed by atoms with van der Waals surface area (Å²) in [6.07, 6.45) is 12.8. The molecule has 1 rings (SSSR count). The molecule has 0 aliphatic carbocycles. The van der Waals surface area contributed by atoms with E-state index in [9.17, 15) is 15.0 Å². The summed E-state index contributed by atoms with van der Waals surface area (Å²) in [7, 11) is 0. The Morgan fingerprint density at radius 2 is 1.81 bits per heavy atom. The Labute approximate surface area is 156 Å². The fraction of sp³-hybridized carbons (Fsp3) is 0.500. The highest BCUT2D eigenvalue weighted by Gasteiger charge is 2.05. The Morgan fingerprint density at radius 1 is 1.08 bits per heavy atom. The van der Waals surface area contributed by atoms with Crippen molar-refractivity contribution >= 4 is 12.0 Å². The van der Waals surface area contributed by atoms with Crippen LogP contribution >= 0.6 is 0 Å². The maximum Gasteiger partial charge on any atom is 0.303 e. The van der Waals surface area contributed by atoms with E-state index in [-0.39, 0.29) is 6.42 Å². The van der Waals surface area contributed by atoms with E-state index in [1.807, 2.05) is 36.4 Å². The summed E-state index contributed by atoms with van der Waals surface area (Å²) in [5.41, 5.74) is 1.82. The van der Waals surface area contributed by atoms with Crippen molar-refractivity contribution in [2.24, 2.45) is 0 Å². The monoisotopic (exact) mass is 360 g/mol. The lowest BCUT2D eigenvalue weighted by atomic mass is 10.0. The minimum absolute atomic E-state index is 0.0739. The van der Waals surface area contributed by atoms with E-state index < -0.39 is 18.2 Å². The summed E-state index contributed by atoms with van der Waals surface area (Å²) in [5, 5.41) is 28.6. The molecule has 144 valence electrons. The first-order valence-corrected chi connectivity index (χ1v) is 9.54. The molecule has 0 radical (unpaired) electrons. The molecule has 4 heteroatoms. The number of aliphatic carboxylic acids is 1. The molecule has 0 aromatic heterocycles. The van der Waals surface area contributed by atoms with Crippen LogP contribution in [0.4, 0.5) is 0 Å². The maximum absolute atomic E-state index is 10.4. The summed E-state index contributed by atoms with van der Waals surface area (Å²) in [4.78, 5) is 10.4. The largest absolute Gasteiger partial charge is 0.481 e. The van der Waals surface area contributed by atoms with Gasteiger partial charge in [-0.3, -0.25) is 4.79 Å². The van der Waals surface area contributed by atoms with Crippen molar-refractivity contribution in [1.82, 2.24) is 0 Å². The highest BCUT2D eigenvalue weighted by Crippen LogP contribution is 2.19. The molecule has 0 saturated carbocycles. The van der Waals surface area contributed by atoms with Gasteiger partial charge < -0.3 is 15.3 Å². The second-order valence-corrected chi connectivity index (χ2v) is 6.60. The summed E-state index contributed by atoms with van der Waals surface area (Å²) in [6.45, 7) is 2.19. The second-order valence-electron chi connectivity index (χ2n) is 6.60. The number of carboxylic acid groups (broad SMARTS) is 1. The van der Waals surface area contributed by atoms with Crippen molar-refractivity contribution in [2.45, 2.75) is 70.5 Å². The summed E-state index contributed by atoms with van der Waals surface area (Å²) >= 11 is 0. The lowest BCUT2D eigenvalue weighted by Crippen LogP contribution is -2.03. The van der Waals surface area contributed by atoms with E-state index in [1.165, 1.54) is 19.3 Å². The van der Waals surface area contributed by atoms with Crippen molar-refractivity contribution < 1.29 is 20.1 Å². The fourth-order valence-electron chi connectivity index (χ4n) is 2.60. The Morgan fingerprint density at radius 3 is 2.46 bits per heavy atom. The number of rotatable bonds is 13. The van der Waals surface area contributed by atoms with E-state index in [0.717, 1.165) is 17.5 Å². The molecule has 3 N–H and O–H groups in total. The van der Waals surface area contributed by atoms with Gasteiger partial charge in [-0.2, -0.15) is 0 Å². The van der Waals surface area contributed by atoms with Crippen LogP contribution in [0.1, 0.15) is 75.5 Å².